The predicted molar refractivity (Wildman–Crippen MR) is 63.9 cm³/mol. The van der Waals surface area contributed by atoms with Gasteiger partial charge in [0.25, 0.3) is 0 Å². The van der Waals surface area contributed by atoms with Gasteiger partial charge in [-0.3, -0.25) is 0 Å². The van der Waals surface area contributed by atoms with E-state index in [-0.39, 0.29) is 5.92 Å². The lowest BCUT2D eigenvalue weighted by Crippen LogP contribution is -2.46. The van der Waals surface area contributed by atoms with Crippen LogP contribution in [0.4, 0.5) is 4.79 Å². The molecule has 1 aliphatic rings. The zero-order valence-corrected chi connectivity index (χ0v) is 9.62. The van der Waals surface area contributed by atoms with E-state index in [1.807, 2.05) is 30.3 Å². The summed E-state index contributed by atoms with van der Waals surface area (Å²) in [5.74, 6) is 0.00208. The molecule has 17 heavy (non-hydrogen) atoms. The topological polar surface area (TPSA) is 60.8 Å². The van der Waals surface area contributed by atoms with Gasteiger partial charge in [-0.2, -0.15) is 0 Å². The van der Waals surface area contributed by atoms with E-state index in [0.717, 1.165) is 12.0 Å². The third kappa shape index (κ3) is 2.97. The summed E-state index contributed by atoms with van der Waals surface area (Å²) >= 11 is 0. The van der Waals surface area contributed by atoms with Gasteiger partial charge in [0.2, 0.25) is 0 Å². The van der Waals surface area contributed by atoms with E-state index in [0.29, 0.717) is 19.5 Å². The molecule has 2 N–H and O–H groups in total. The van der Waals surface area contributed by atoms with Crippen LogP contribution in [0.2, 0.25) is 0 Å². The molecular weight excluding hydrogens is 218 g/mol. The zero-order chi connectivity index (χ0) is 12.3. The number of carboxylic acid groups (broad SMARTS) is 1. The SMILES string of the molecule is O=C(O)N1CCC(O)C(Cc2ccccc2)C1. The van der Waals surface area contributed by atoms with Gasteiger partial charge in [-0.1, -0.05) is 30.3 Å². The summed E-state index contributed by atoms with van der Waals surface area (Å²) < 4.78 is 0. The van der Waals surface area contributed by atoms with Crippen molar-refractivity contribution in [3.63, 3.8) is 0 Å². The Morgan fingerprint density at radius 3 is 2.71 bits per heavy atom. The molecule has 4 heteroatoms. The van der Waals surface area contributed by atoms with Crippen molar-refractivity contribution in [2.75, 3.05) is 13.1 Å². The Morgan fingerprint density at radius 1 is 1.35 bits per heavy atom. The first kappa shape index (κ1) is 11.9. The summed E-state index contributed by atoms with van der Waals surface area (Å²) in [7, 11) is 0. The Bertz CT molecular complexity index is 380. The number of nitrogens with zero attached hydrogens (tertiary/aromatic N) is 1. The smallest absolute Gasteiger partial charge is 0.407 e. The number of amides is 1. The number of benzene rings is 1. The second-order valence-corrected chi connectivity index (χ2v) is 4.53. The maximum atomic E-state index is 10.9. The maximum absolute atomic E-state index is 10.9. The highest BCUT2D eigenvalue weighted by molar-refractivity contribution is 5.65. The summed E-state index contributed by atoms with van der Waals surface area (Å²) in [6.45, 7) is 0.854. The molecule has 1 amide bonds. The third-order valence-corrected chi connectivity index (χ3v) is 3.31. The lowest BCUT2D eigenvalue weighted by molar-refractivity contribution is 0.0297. The van der Waals surface area contributed by atoms with Crippen LogP contribution >= 0.6 is 0 Å². The number of carbonyl (C=O) groups is 1. The highest BCUT2D eigenvalue weighted by Gasteiger charge is 2.29. The first-order valence-corrected chi connectivity index (χ1v) is 5.86. The van der Waals surface area contributed by atoms with Gasteiger partial charge in [0.15, 0.2) is 0 Å². The van der Waals surface area contributed by atoms with Gasteiger partial charge in [0, 0.05) is 19.0 Å². The molecular formula is C13H17NO3. The fraction of sp³-hybridized carbons (Fsp3) is 0.462. The fourth-order valence-electron chi connectivity index (χ4n) is 2.31. The standard InChI is InChI=1S/C13H17NO3/c15-12-6-7-14(13(16)17)9-11(12)8-10-4-2-1-3-5-10/h1-5,11-12,15H,6-9H2,(H,16,17). The molecule has 1 saturated heterocycles. The number of hydrogen-bond acceptors (Lipinski definition) is 2. The molecule has 1 heterocycles. The quantitative estimate of drug-likeness (QED) is 0.818. The van der Waals surface area contributed by atoms with Crippen LogP contribution in [0.3, 0.4) is 0 Å². The third-order valence-electron chi connectivity index (χ3n) is 3.31. The normalized spacial score (nSPS) is 24.6. The molecule has 0 aliphatic carbocycles. The first-order valence-electron chi connectivity index (χ1n) is 5.86. The minimum atomic E-state index is -0.894. The van der Waals surface area contributed by atoms with E-state index in [9.17, 15) is 9.90 Å². The van der Waals surface area contributed by atoms with Crippen molar-refractivity contribution < 1.29 is 15.0 Å². The van der Waals surface area contributed by atoms with Crippen molar-refractivity contribution in [3.8, 4) is 0 Å². The zero-order valence-electron chi connectivity index (χ0n) is 9.62. The minimum absolute atomic E-state index is 0.00208. The van der Waals surface area contributed by atoms with E-state index >= 15 is 0 Å². The van der Waals surface area contributed by atoms with Crippen molar-refractivity contribution in [2.24, 2.45) is 5.92 Å². The molecule has 2 unspecified atom stereocenters. The van der Waals surface area contributed by atoms with Gasteiger partial charge in [0.05, 0.1) is 6.10 Å². The fourth-order valence-corrected chi connectivity index (χ4v) is 2.31. The predicted octanol–water partition coefficient (Wildman–Crippen LogP) is 1.59. The second-order valence-electron chi connectivity index (χ2n) is 4.53. The molecule has 1 aromatic carbocycles. The van der Waals surface area contributed by atoms with Gasteiger partial charge in [-0.05, 0) is 18.4 Å². The molecule has 1 fully saturated rings. The highest BCUT2D eigenvalue weighted by atomic mass is 16.4. The first-order chi connectivity index (χ1) is 8.16. The van der Waals surface area contributed by atoms with Crippen molar-refractivity contribution in [1.82, 2.24) is 4.90 Å². The summed E-state index contributed by atoms with van der Waals surface area (Å²) in [4.78, 5) is 12.3. The number of aliphatic hydroxyl groups excluding tert-OH is 1. The monoisotopic (exact) mass is 235 g/mol. The van der Waals surface area contributed by atoms with E-state index in [1.165, 1.54) is 4.90 Å². The molecule has 4 nitrogen and oxygen atoms in total. The summed E-state index contributed by atoms with van der Waals surface area (Å²) in [5.41, 5.74) is 1.14. The van der Waals surface area contributed by atoms with Crippen LogP contribution in [0.5, 0.6) is 0 Å². The molecule has 0 aromatic heterocycles. The van der Waals surface area contributed by atoms with E-state index in [2.05, 4.69) is 0 Å². The highest BCUT2D eigenvalue weighted by Crippen LogP contribution is 2.21. The van der Waals surface area contributed by atoms with Gasteiger partial charge >= 0.3 is 6.09 Å². The molecule has 2 atom stereocenters. The minimum Gasteiger partial charge on any atom is -0.465 e. The average molecular weight is 235 g/mol. The Labute approximate surface area is 100 Å². The van der Waals surface area contributed by atoms with Crippen LogP contribution in [0, 0.1) is 5.92 Å². The largest absolute Gasteiger partial charge is 0.465 e. The number of hydrogen-bond donors (Lipinski definition) is 2. The van der Waals surface area contributed by atoms with Gasteiger partial charge in [-0.25, -0.2) is 4.79 Å². The molecule has 1 aliphatic heterocycles. The van der Waals surface area contributed by atoms with Crippen molar-refractivity contribution in [1.29, 1.82) is 0 Å². The number of likely N-dealkylation sites (tertiary alicyclic amines) is 1. The van der Waals surface area contributed by atoms with Gasteiger partial charge in [0.1, 0.15) is 0 Å². The van der Waals surface area contributed by atoms with E-state index in [4.69, 9.17) is 5.11 Å². The van der Waals surface area contributed by atoms with E-state index in [1.54, 1.807) is 0 Å². The Kier molecular flexibility index (Phi) is 3.64. The molecule has 0 spiro atoms. The van der Waals surface area contributed by atoms with Gasteiger partial charge < -0.3 is 15.1 Å². The van der Waals surface area contributed by atoms with Crippen molar-refractivity contribution >= 4 is 6.09 Å². The summed E-state index contributed by atoms with van der Waals surface area (Å²) in [6.07, 6.45) is -0.0314. The van der Waals surface area contributed by atoms with E-state index < -0.39 is 12.2 Å². The molecule has 1 aromatic rings. The lowest BCUT2D eigenvalue weighted by Gasteiger charge is -2.34. The number of rotatable bonds is 2. The Morgan fingerprint density at radius 2 is 2.06 bits per heavy atom. The maximum Gasteiger partial charge on any atom is 0.407 e. The summed E-state index contributed by atoms with van der Waals surface area (Å²) in [6, 6.07) is 9.88. The van der Waals surface area contributed by atoms with Crippen LogP contribution in [0.25, 0.3) is 0 Å². The van der Waals surface area contributed by atoms with Crippen LogP contribution < -0.4 is 0 Å². The molecule has 0 saturated carbocycles. The number of aliphatic hydroxyl groups is 1. The van der Waals surface area contributed by atoms with Crippen LogP contribution in [0.1, 0.15) is 12.0 Å². The van der Waals surface area contributed by atoms with Gasteiger partial charge in [-0.15, -0.1) is 0 Å². The molecule has 0 bridgehead atoms. The molecule has 2 rings (SSSR count). The molecule has 92 valence electrons. The van der Waals surface area contributed by atoms with Crippen molar-refractivity contribution in [2.45, 2.75) is 18.9 Å². The number of piperidine rings is 1. The average Bonchev–Trinajstić information content (AvgIpc) is 2.33. The van der Waals surface area contributed by atoms with Crippen LogP contribution in [-0.4, -0.2) is 40.4 Å². The lowest BCUT2D eigenvalue weighted by atomic mass is 9.89. The van der Waals surface area contributed by atoms with Crippen LogP contribution in [0.15, 0.2) is 30.3 Å². The Balaban J connectivity index is 2.01. The second kappa shape index (κ2) is 5.19. The van der Waals surface area contributed by atoms with Crippen molar-refractivity contribution in [3.05, 3.63) is 35.9 Å². The van der Waals surface area contributed by atoms with Crippen LogP contribution in [-0.2, 0) is 6.42 Å². The molecule has 0 radical (unpaired) electrons. The summed E-state index contributed by atoms with van der Waals surface area (Å²) in [5, 5.41) is 18.9. The Hall–Kier alpha value is -1.55.